The highest BCUT2D eigenvalue weighted by Crippen LogP contribution is 2.11. The number of aromatic hydroxyl groups is 1. The number of hydrogen-bond acceptors (Lipinski definition) is 8. The Bertz CT molecular complexity index is 920. The van der Waals surface area contributed by atoms with E-state index in [0.29, 0.717) is 5.56 Å². The summed E-state index contributed by atoms with van der Waals surface area (Å²) in [5, 5.41) is 33.7. The lowest BCUT2D eigenvalue weighted by Gasteiger charge is -2.21. The van der Waals surface area contributed by atoms with E-state index in [1.54, 1.807) is 0 Å². The average Bonchev–Trinajstić information content (AvgIpc) is 2.75. The third-order valence-electron chi connectivity index (χ3n) is 4.48. The predicted molar refractivity (Wildman–Crippen MR) is 115 cm³/mol. The van der Waals surface area contributed by atoms with Crippen LogP contribution in [0.5, 0.6) is 5.75 Å². The van der Waals surface area contributed by atoms with E-state index in [1.165, 1.54) is 24.3 Å². The molecule has 0 aliphatic carbocycles. The Hall–Kier alpha value is -4.20. The minimum absolute atomic E-state index is 0.0201. The maximum atomic E-state index is 12.7. The highest BCUT2D eigenvalue weighted by atomic mass is 16.4. The number of phenolic OH excluding ortho intramolecular Hbond substituents is 1. The number of carbonyl (C=O) groups excluding carboxylic acids is 4. The van der Waals surface area contributed by atoms with E-state index in [-0.39, 0.29) is 25.0 Å². The van der Waals surface area contributed by atoms with Crippen LogP contribution in [-0.2, 0) is 35.2 Å². The van der Waals surface area contributed by atoms with Crippen molar-refractivity contribution >= 4 is 35.6 Å². The smallest absolute Gasteiger partial charge is 0.326 e. The van der Waals surface area contributed by atoms with E-state index >= 15 is 0 Å². The predicted octanol–water partition coefficient (Wildman–Crippen LogP) is -2.83. The largest absolute Gasteiger partial charge is 0.508 e. The summed E-state index contributed by atoms with van der Waals surface area (Å²) >= 11 is 0. The Labute approximate surface area is 193 Å². The fraction of sp³-hybridized carbons (Fsp3) is 0.400. The molecule has 1 aromatic carbocycles. The number of rotatable bonds is 14. The zero-order chi connectivity index (χ0) is 25.8. The second kappa shape index (κ2) is 13.4. The standard InChI is InChI=1S/C20H27N5O9/c21-12(5-6-15(22)27)18(31)25-13(7-10-1-3-11(26)4-2-10)19(32)23-9-16(28)24-14(20(33)34)8-17(29)30/h1-4,12-14,26H,5-9,21H2,(H2,22,27)(H,23,32)(H,24,28)(H,25,31)(H,29,30)(H,33,34). The van der Waals surface area contributed by atoms with Crippen LogP contribution < -0.4 is 27.4 Å². The van der Waals surface area contributed by atoms with Gasteiger partial charge >= 0.3 is 11.9 Å². The van der Waals surface area contributed by atoms with Gasteiger partial charge in [-0.05, 0) is 24.1 Å². The van der Waals surface area contributed by atoms with Crippen LogP contribution in [0.4, 0.5) is 0 Å². The molecule has 3 atom stereocenters. The number of amides is 4. The van der Waals surface area contributed by atoms with Crippen LogP contribution in [0.2, 0.25) is 0 Å². The number of carboxylic acid groups (broad SMARTS) is 2. The number of phenols is 1. The van der Waals surface area contributed by atoms with Crippen LogP contribution in [-0.4, -0.2) is 75.6 Å². The quantitative estimate of drug-likeness (QED) is 0.135. The molecule has 34 heavy (non-hydrogen) atoms. The number of primary amides is 1. The summed E-state index contributed by atoms with van der Waals surface area (Å²) in [5.41, 5.74) is 11.3. The van der Waals surface area contributed by atoms with Crippen LogP contribution in [0.3, 0.4) is 0 Å². The summed E-state index contributed by atoms with van der Waals surface area (Å²) in [6, 6.07) is 1.68. The van der Waals surface area contributed by atoms with Crippen molar-refractivity contribution in [2.24, 2.45) is 11.5 Å². The van der Waals surface area contributed by atoms with Crippen molar-refractivity contribution in [3.63, 3.8) is 0 Å². The first-order valence-electron chi connectivity index (χ1n) is 10.0. The van der Waals surface area contributed by atoms with Crippen molar-refractivity contribution in [1.29, 1.82) is 0 Å². The first-order valence-corrected chi connectivity index (χ1v) is 10.0. The van der Waals surface area contributed by atoms with Gasteiger partial charge in [-0.15, -0.1) is 0 Å². The normalized spacial score (nSPS) is 13.1. The van der Waals surface area contributed by atoms with Crippen LogP contribution in [0.15, 0.2) is 24.3 Å². The van der Waals surface area contributed by atoms with Crippen molar-refractivity contribution in [3.8, 4) is 5.75 Å². The first kappa shape index (κ1) is 27.8. The molecular weight excluding hydrogens is 454 g/mol. The second-order valence-corrected chi connectivity index (χ2v) is 7.32. The zero-order valence-corrected chi connectivity index (χ0v) is 18.0. The monoisotopic (exact) mass is 481 g/mol. The molecule has 0 heterocycles. The van der Waals surface area contributed by atoms with Gasteiger partial charge in [-0.25, -0.2) is 4.79 Å². The Morgan fingerprint density at radius 2 is 1.53 bits per heavy atom. The molecule has 1 aromatic rings. The van der Waals surface area contributed by atoms with Gasteiger partial charge in [-0.3, -0.25) is 24.0 Å². The number of carboxylic acids is 2. The van der Waals surface area contributed by atoms with Gasteiger partial charge in [0.1, 0.15) is 17.8 Å². The van der Waals surface area contributed by atoms with Gasteiger partial charge in [0.05, 0.1) is 19.0 Å². The molecule has 0 aliphatic rings. The molecule has 0 aliphatic heterocycles. The number of aliphatic carboxylic acids is 2. The number of carbonyl (C=O) groups is 6. The minimum Gasteiger partial charge on any atom is -0.508 e. The Morgan fingerprint density at radius 3 is 2.06 bits per heavy atom. The fourth-order valence-electron chi connectivity index (χ4n) is 2.70. The van der Waals surface area contributed by atoms with Crippen LogP contribution in [0.1, 0.15) is 24.8 Å². The maximum Gasteiger partial charge on any atom is 0.326 e. The highest BCUT2D eigenvalue weighted by Gasteiger charge is 2.26. The molecule has 0 saturated heterocycles. The summed E-state index contributed by atoms with van der Waals surface area (Å²) in [6.07, 6.45) is -1.13. The van der Waals surface area contributed by atoms with Gasteiger partial charge < -0.3 is 42.7 Å². The lowest BCUT2D eigenvalue weighted by molar-refractivity contribution is -0.147. The molecule has 14 nitrogen and oxygen atoms in total. The molecule has 1 rings (SSSR count). The zero-order valence-electron chi connectivity index (χ0n) is 18.0. The summed E-state index contributed by atoms with van der Waals surface area (Å²) in [7, 11) is 0. The van der Waals surface area contributed by atoms with Crippen LogP contribution in [0, 0.1) is 0 Å². The third kappa shape index (κ3) is 10.4. The van der Waals surface area contributed by atoms with E-state index in [9.17, 15) is 33.9 Å². The van der Waals surface area contributed by atoms with E-state index in [0.717, 1.165) is 0 Å². The molecular formula is C20H27N5O9. The number of nitrogens with two attached hydrogens (primary N) is 2. The van der Waals surface area contributed by atoms with E-state index < -0.39 is 66.7 Å². The van der Waals surface area contributed by atoms with Gasteiger partial charge in [-0.1, -0.05) is 12.1 Å². The molecule has 0 spiro atoms. The molecule has 10 N–H and O–H groups in total. The Morgan fingerprint density at radius 1 is 0.912 bits per heavy atom. The van der Waals surface area contributed by atoms with Gasteiger partial charge in [0.25, 0.3) is 0 Å². The molecule has 14 heteroatoms. The third-order valence-corrected chi connectivity index (χ3v) is 4.48. The van der Waals surface area contributed by atoms with E-state index in [4.69, 9.17) is 21.7 Å². The van der Waals surface area contributed by atoms with Gasteiger partial charge in [0, 0.05) is 12.8 Å². The molecule has 4 amide bonds. The molecule has 0 aromatic heterocycles. The summed E-state index contributed by atoms with van der Waals surface area (Å²) in [5.74, 6) is -6.22. The van der Waals surface area contributed by atoms with Gasteiger partial charge in [-0.2, -0.15) is 0 Å². The van der Waals surface area contributed by atoms with Gasteiger partial charge in [0.2, 0.25) is 23.6 Å². The first-order chi connectivity index (χ1) is 15.9. The SMILES string of the molecule is NC(=O)CCC(N)C(=O)NC(Cc1ccc(O)cc1)C(=O)NCC(=O)NC(CC(=O)O)C(=O)O. The van der Waals surface area contributed by atoms with Crippen molar-refractivity contribution in [3.05, 3.63) is 29.8 Å². The fourth-order valence-corrected chi connectivity index (χ4v) is 2.70. The van der Waals surface area contributed by atoms with E-state index in [1.807, 2.05) is 5.32 Å². The Balaban J connectivity index is 2.84. The maximum absolute atomic E-state index is 12.7. The number of benzene rings is 1. The topological polar surface area (TPSA) is 251 Å². The molecule has 3 unspecified atom stereocenters. The summed E-state index contributed by atoms with van der Waals surface area (Å²) < 4.78 is 0. The Kier molecular flexibility index (Phi) is 10.9. The van der Waals surface area contributed by atoms with Crippen LogP contribution in [0.25, 0.3) is 0 Å². The summed E-state index contributed by atoms with van der Waals surface area (Å²) in [4.78, 5) is 69.7. The highest BCUT2D eigenvalue weighted by molar-refractivity contribution is 5.93. The van der Waals surface area contributed by atoms with Crippen molar-refractivity contribution in [2.75, 3.05) is 6.54 Å². The molecule has 0 radical (unpaired) electrons. The molecule has 186 valence electrons. The lowest BCUT2D eigenvalue weighted by atomic mass is 10.0. The second-order valence-electron chi connectivity index (χ2n) is 7.32. The van der Waals surface area contributed by atoms with E-state index in [2.05, 4.69) is 10.6 Å². The summed E-state index contributed by atoms with van der Waals surface area (Å²) in [6.45, 7) is -0.697. The lowest BCUT2D eigenvalue weighted by Crippen LogP contribution is -2.54. The molecule has 0 fully saturated rings. The van der Waals surface area contributed by atoms with Crippen LogP contribution >= 0.6 is 0 Å². The van der Waals surface area contributed by atoms with Crippen molar-refractivity contribution in [2.45, 2.75) is 43.8 Å². The molecule has 0 saturated carbocycles. The van der Waals surface area contributed by atoms with Gasteiger partial charge in [0.15, 0.2) is 0 Å². The average molecular weight is 481 g/mol. The number of hydrogen-bond donors (Lipinski definition) is 8. The van der Waals surface area contributed by atoms with Crippen molar-refractivity contribution in [1.82, 2.24) is 16.0 Å². The molecule has 0 bridgehead atoms. The van der Waals surface area contributed by atoms with Crippen molar-refractivity contribution < 1.29 is 44.1 Å². The minimum atomic E-state index is -1.70. The number of nitrogens with one attached hydrogen (secondary N) is 3.